The van der Waals surface area contributed by atoms with Gasteiger partial charge in [-0.05, 0) is 49.8 Å². The first-order valence-electron chi connectivity index (χ1n) is 11.1. The molecule has 2 fully saturated rings. The second-order valence-corrected chi connectivity index (χ2v) is 10.8. The summed E-state index contributed by atoms with van der Waals surface area (Å²) in [6, 6.07) is 4.52. The van der Waals surface area contributed by atoms with E-state index < -0.39 is 21.4 Å². The zero-order chi connectivity index (χ0) is 24.3. The van der Waals surface area contributed by atoms with Gasteiger partial charge in [0.25, 0.3) is 5.56 Å². The van der Waals surface area contributed by atoms with E-state index in [-0.39, 0.29) is 34.6 Å². The number of ether oxygens (including phenoxy) is 1. The number of nitrogens with zero attached hydrogens (tertiary/aromatic N) is 4. The molecule has 182 valence electrons. The summed E-state index contributed by atoms with van der Waals surface area (Å²) in [5, 5.41) is 16.7. The average Bonchev–Trinajstić information content (AvgIpc) is 2.85. The summed E-state index contributed by atoms with van der Waals surface area (Å²) >= 11 is 6.33. The standard InChI is InChI=1S/C22H25ClFN5O4S/c23-21-19(26-12-15-2-1-9-33-14-15)13-27-29(22(21)30)18-5-7-28(8-6-18)34(31,32)20-10-17(24)4-3-16(20)11-25/h3-4,10,13,15,18,26H,1-2,5-9,12,14H2/t15-/m1/s1. The lowest BCUT2D eigenvalue weighted by molar-refractivity contribution is 0.0595. The fourth-order valence-electron chi connectivity index (χ4n) is 4.32. The zero-order valence-electron chi connectivity index (χ0n) is 18.4. The summed E-state index contributed by atoms with van der Waals surface area (Å²) in [6.45, 7) is 2.27. The van der Waals surface area contributed by atoms with Crippen molar-refractivity contribution in [3.05, 3.63) is 51.2 Å². The van der Waals surface area contributed by atoms with Gasteiger partial charge in [0.2, 0.25) is 10.0 Å². The van der Waals surface area contributed by atoms with E-state index >= 15 is 0 Å². The van der Waals surface area contributed by atoms with Crippen LogP contribution in [0.4, 0.5) is 10.1 Å². The fourth-order valence-corrected chi connectivity index (χ4v) is 6.14. The molecule has 2 saturated heterocycles. The molecule has 4 rings (SSSR count). The first-order valence-corrected chi connectivity index (χ1v) is 12.9. The molecular weight excluding hydrogens is 485 g/mol. The maximum atomic E-state index is 13.7. The van der Waals surface area contributed by atoms with Crippen molar-refractivity contribution >= 4 is 27.3 Å². The number of halogens is 2. The highest BCUT2D eigenvalue weighted by Gasteiger charge is 2.33. The molecule has 2 aromatic rings. The molecule has 0 aliphatic carbocycles. The monoisotopic (exact) mass is 509 g/mol. The number of sulfonamides is 1. The van der Waals surface area contributed by atoms with Crippen LogP contribution in [0.15, 0.2) is 34.1 Å². The van der Waals surface area contributed by atoms with E-state index in [9.17, 15) is 22.9 Å². The number of hydrogen-bond acceptors (Lipinski definition) is 7. The summed E-state index contributed by atoms with van der Waals surface area (Å²) in [5.41, 5.74) is -0.0931. The Kier molecular flexibility index (Phi) is 7.52. The molecule has 3 heterocycles. The molecule has 0 spiro atoms. The van der Waals surface area contributed by atoms with Gasteiger partial charge in [-0.3, -0.25) is 4.79 Å². The molecule has 9 nitrogen and oxygen atoms in total. The van der Waals surface area contributed by atoms with Gasteiger partial charge in [0.15, 0.2) is 0 Å². The predicted molar refractivity (Wildman–Crippen MR) is 124 cm³/mol. The van der Waals surface area contributed by atoms with Crippen molar-refractivity contribution in [3.63, 3.8) is 0 Å². The maximum Gasteiger partial charge on any atom is 0.287 e. The molecule has 2 aliphatic rings. The number of anilines is 1. The van der Waals surface area contributed by atoms with E-state index in [0.717, 1.165) is 37.6 Å². The van der Waals surface area contributed by atoms with Crippen molar-refractivity contribution in [2.45, 2.75) is 36.6 Å². The summed E-state index contributed by atoms with van der Waals surface area (Å²) in [4.78, 5) is 12.5. The van der Waals surface area contributed by atoms with E-state index in [1.54, 1.807) is 6.07 Å². The number of nitrogens with one attached hydrogen (secondary N) is 1. The predicted octanol–water partition coefficient (Wildman–Crippen LogP) is 2.77. The Labute approximate surface area is 202 Å². The van der Waals surface area contributed by atoms with Gasteiger partial charge in [-0.15, -0.1) is 0 Å². The van der Waals surface area contributed by atoms with E-state index in [1.807, 2.05) is 0 Å². The van der Waals surface area contributed by atoms with Gasteiger partial charge in [0.1, 0.15) is 21.8 Å². The lowest BCUT2D eigenvalue weighted by Gasteiger charge is -2.31. The molecule has 2 aliphatic heterocycles. The van der Waals surface area contributed by atoms with Crippen molar-refractivity contribution in [2.24, 2.45) is 5.92 Å². The highest BCUT2D eigenvalue weighted by atomic mass is 35.5. The molecule has 1 aromatic heterocycles. The van der Waals surface area contributed by atoms with Crippen molar-refractivity contribution in [3.8, 4) is 6.07 Å². The van der Waals surface area contributed by atoms with Crippen molar-refractivity contribution < 1.29 is 17.5 Å². The molecule has 34 heavy (non-hydrogen) atoms. The number of rotatable bonds is 6. The zero-order valence-corrected chi connectivity index (χ0v) is 20.0. The lowest BCUT2D eigenvalue weighted by Crippen LogP contribution is -2.41. The first kappa shape index (κ1) is 24.6. The number of nitriles is 1. The average molecular weight is 510 g/mol. The molecule has 0 radical (unpaired) electrons. The molecule has 1 aromatic carbocycles. The van der Waals surface area contributed by atoms with Crippen LogP contribution in [-0.2, 0) is 14.8 Å². The van der Waals surface area contributed by atoms with E-state index in [0.29, 0.717) is 37.6 Å². The minimum Gasteiger partial charge on any atom is -0.382 e. The van der Waals surface area contributed by atoms with E-state index in [2.05, 4.69) is 10.4 Å². The van der Waals surface area contributed by atoms with Gasteiger partial charge in [-0.25, -0.2) is 17.5 Å². The topological polar surface area (TPSA) is 117 Å². The van der Waals surface area contributed by atoms with Crippen molar-refractivity contribution in [1.29, 1.82) is 5.26 Å². The van der Waals surface area contributed by atoms with Crippen LogP contribution in [0, 0.1) is 23.1 Å². The minimum atomic E-state index is -4.06. The van der Waals surface area contributed by atoms with E-state index in [1.165, 1.54) is 15.2 Å². The summed E-state index contributed by atoms with van der Waals surface area (Å²) < 4.78 is 47.7. The van der Waals surface area contributed by atoms with Gasteiger partial charge in [0, 0.05) is 26.2 Å². The third-order valence-electron chi connectivity index (χ3n) is 6.23. The van der Waals surface area contributed by atoms with Gasteiger partial charge in [-0.1, -0.05) is 11.6 Å². The van der Waals surface area contributed by atoms with E-state index in [4.69, 9.17) is 16.3 Å². The smallest absolute Gasteiger partial charge is 0.287 e. The molecule has 0 amide bonds. The minimum absolute atomic E-state index is 0.0419. The van der Waals surface area contributed by atoms with Crippen LogP contribution in [0.25, 0.3) is 0 Å². The Morgan fingerprint density at radius 3 is 2.74 bits per heavy atom. The molecular formula is C22H25ClFN5O4S. The first-order chi connectivity index (χ1) is 16.3. The van der Waals surface area contributed by atoms with Crippen LogP contribution >= 0.6 is 11.6 Å². The van der Waals surface area contributed by atoms with Crippen LogP contribution in [0.2, 0.25) is 5.02 Å². The fraction of sp³-hybridized carbons (Fsp3) is 0.500. The second-order valence-electron chi connectivity index (χ2n) is 8.47. The molecule has 0 bridgehead atoms. The maximum absolute atomic E-state index is 13.7. The quantitative estimate of drug-likeness (QED) is 0.636. The Morgan fingerprint density at radius 2 is 2.06 bits per heavy atom. The largest absolute Gasteiger partial charge is 0.382 e. The number of benzene rings is 1. The third-order valence-corrected chi connectivity index (χ3v) is 8.53. The summed E-state index contributed by atoms with van der Waals surface area (Å²) in [5.74, 6) is -0.388. The molecule has 12 heteroatoms. The highest BCUT2D eigenvalue weighted by Crippen LogP contribution is 2.28. The Bertz CT molecular complexity index is 1250. The number of aromatic nitrogens is 2. The molecule has 0 saturated carbocycles. The van der Waals surface area contributed by atoms with Crippen LogP contribution in [0.5, 0.6) is 0 Å². The van der Waals surface area contributed by atoms with Gasteiger partial charge in [-0.2, -0.15) is 14.7 Å². The Hall–Kier alpha value is -2.52. The Morgan fingerprint density at radius 1 is 1.29 bits per heavy atom. The molecule has 0 unspecified atom stereocenters. The number of hydrogen-bond donors (Lipinski definition) is 1. The van der Waals surface area contributed by atoms with Crippen molar-refractivity contribution in [1.82, 2.24) is 14.1 Å². The number of piperidine rings is 1. The van der Waals surface area contributed by atoms with Crippen LogP contribution in [0.3, 0.4) is 0 Å². The SMILES string of the molecule is N#Cc1ccc(F)cc1S(=O)(=O)N1CCC(n2ncc(NC[C@H]3CCCOC3)c(Cl)c2=O)CC1. The normalized spacial score (nSPS) is 20.1. The molecule has 1 atom stereocenters. The van der Waals surface area contributed by atoms with Gasteiger partial charge < -0.3 is 10.1 Å². The highest BCUT2D eigenvalue weighted by molar-refractivity contribution is 7.89. The summed E-state index contributed by atoms with van der Waals surface area (Å²) in [7, 11) is -4.06. The van der Waals surface area contributed by atoms with Crippen LogP contribution in [0.1, 0.15) is 37.3 Å². The molecule has 1 N–H and O–H groups in total. The summed E-state index contributed by atoms with van der Waals surface area (Å²) in [6.07, 6.45) is 4.22. The lowest BCUT2D eigenvalue weighted by atomic mass is 10.0. The second kappa shape index (κ2) is 10.4. The van der Waals surface area contributed by atoms with Gasteiger partial charge in [0.05, 0.1) is 30.1 Å². The Balaban J connectivity index is 1.44. The van der Waals surface area contributed by atoms with Crippen LogP contribution in [-0.4, -0.2) is 55.4 Å². The third kappa shape index (κ3) is 5.10. The van der Waals surface area contributed by atoms with Crippen molar-refractivity contribution in [2.75, 3.05) is 38.2 Å². The van der Waals surface area contributed by atoms with Crippen LogP contribution < -0.4 is 10.9 Å². The van der Waals surface area contributed by atoms with Gasteiger partial charge >= 0.3 is 0 Å².